The third-order valence-electron chi connectivity index (χ3n) is 3.71. The van der Waals surface area contributed by atoms with E-state index in [1.807, 2.05) is 35.0 Å². The molecule has 1 aliphatic heterocycles. The number of nitrogens with zero attached hydrogens (tertiary/aromatic N) is 4. The zero-order chi connectivity index (χ0) is 16.2. The van der Waals surface area contributed by atoms with Crippen LogP contribution in [0.25, 0.3) is 10.9 Å². The summed E-state index contributed by atoms with van der Waals surface area (Å²) in [5, 5.41) is 26.0. The van der Waals surface area contributed by atoms with E-state index in [-0.39, 0.29) is 11.8 Å². The lowest BCUT2D eigenvalue weighted by molar-refractivity contribution is -0.0368. The van der Waals surface area contributed by atoms with Gasteiger partial charge in [-0.05, 0) is 53.4 Å². The second kappa shape index (κ2) is 6.82. The molecule has 2 aromatic rings. The first-order valence-corrected chi connectivity index (χ1v) is 8.08. The van der Waals surface area contributed by atoms with Crippen LogP contribution >= 0.6 is 15.9 Å². The van der Waals surface area contributed by atoms with Gasteiger partial charge in [-0.15, -0.1) is 0 Å². The summed E-state index contributed by atoms with van der Waals surface area (Å²) < 4.78 is 8.46. The molecule has 0 spiro atoms. The number of halogens is 1. The van der Waals surface area contributed by atoms with E-state index in [9.17, 15) is 0 Å². The van der Waals surface area contributed by atoms with E-state index in [2.05, 4.69) is 26.3 Å². The van der Waals surface area contributed by atoms with E-state index < -0.39 is 0 Å². The van der Waals surface area contributed by atoms with Gasteiger partial charge in [0.2, 0.25) is 0 Å². The summed E-state index contributed by atoms with van der Waals surface area (Å²) in [6.07, 6.45) is 4.56. The Bertz CT molecular complexity index is 820. The molecule has 0 bridgehead atoms. The topological polar surface area (TPSA) is 86.7 Å². The molecule has 3 rings (SSSR count). The van der Waals surface area contributed by atoms with Gasteiger partial charge in [0.25, 0.3) is 0 Å². The molecule has 1 unspecified atom stereocenters. The van der Waals surface area contributed by atoms with E-state index in [0.717, 1.165) is 47.1 Å². The van der Waals surface area contributed by atoms with E-state index >= 15 is 0 Å². The Morgan fingerprint density at radius 2 is 2.22 bits per heavy atom. The molecule has 6 nitrogen and oxygen atoms in total. The zero-order valence-corrected chi connectivity index (χ0v) is 13.9. The number of hydrogen-bond donors (Lipinski definition) is 1. The number of nitrogens with one attached hydrogen (secondary N) is 1. The lowest BCUT2D eigenvalue weighted by Gasteiger charge is -2.23. The average Bonchev–Trinajstić information content (AvgIpc) is 2.93. The largest absolute Gasteiger partial charge is 0.360 e. The summed E-state index contributed by atoms with van der Waals surface area (Å²) in [4.78, 5) is 0. The number of benzene rings is 1. The molecule has 1 aromatic heterocycles. The van der Waals surface area contributed by atoms with Gasteiger partial charge in [0.05, 0.1) is 5.52 Å². The van der Waals surface area contributed by atoms with Crippen LogP contribution in [-0.2, 0) is 4.74 Å². The lowest BCUT2D eigenvalue weighted by atomic mass is 10.2. The van der Waals surface area contributed by atoms with E-state index in [1.165, 1.54) is 6.20 Å². The number of rotatable bonds is 3. The summed E-state index contributed by atoms with van der Waals surface area (Å²) in [5.41, 5.74) is 1.79. The Morgan fingerprint density at radius 1 is 1.39 bits per heavy atom. The summed E-state index contributed by atoms with van der Waals surface area (Å²) in [7, 11) is 0. The molecule has 1 fully saturated rings. The van der Waals surface area contributed by atoms with E-state index in [0.29, 0.717) is 0 Å². The summed E-state index contributed by atoms with van der Waals surface area (Å²) in [6, 6.07) is 9.40. The van der Waals surface area contributed by atoms with Gasteiger partial charge in [-0.2, -0.15) is 15.6 Å². The molecule has 23 heavy (non-hydrogen) atoms. The first-order chi connectivity index (χ1) is 11.2. The SMILES string of the molecule is N#CC(C#N)=CNc1ccc2c(c1)c(Br)nn2C1CCCCO1. The number of fused-ring (bicyclic) bond motifs is 1. The van der Waals surface area contributed by atoms with Crippen molar-refractivity contribution < 1.29 is 4.74 Å². The van der Waals surface area contributed by atoms with E-state index in [1.54, 1.807) is 0 Å². The van der Waals surface area contributed by atoms with Gasteiger partial charge < -0.3 is 10.1 Å². The minimum atomic E-state index is -0.0277. The minimum Gasteiger partial charge on any atom is -0.360 e. The predicted octanol–water partition coefficient (Wildman–Crippen LogP) is 3.84. The summed E-state index contributed by atoms with van der Waals surface area (Å²) in [6.45, 7) is 0.763. The molecule has 0 amide bonds. The van der Waals surface area contributed by atoms with Crippen molar-refractivity contribution in [2.45, 2.75) is 25.5 Å². The van der Waals surface area contributed by atoms with Gasteiger partial charge in [-0.25, -0.2) is 4.68 Å². The van der Waals surface area contributed by atoms with Crippen LogP contribution in [0.4, 0.5) is 5.69 Å². The first kappa shape index (κ1) is 15.5. The van der Waals surface area contributed by atoms with Crippen LogP contribution in [0.2, 0.25) is 0 Å². The predicted molar refractivity (Wildman–Crippen MR) is 89.2 cm³/mol. The van der Waals surface area contributed by atoms with Crippen molar-refractivity contribution in [1.82, 2.24) is 9.78 Å². The Balaban J connectivity index is 1.92. The maximum absolute atomic E-state index is 8.75. The van der Waals surface area contributed by atoms with Crippen LogP contribution in [0.3, 0.4) is 0 Å². The first-order valence-electron chi connectivity index (χ1n) is 7.29. The Kier molecular flexibility index (Phi) is 4.61. The van der Waals surface area contributed by atoms with Crippen LogP contribution in [0.5, 0.6) is 0 Å². The molecule has 1 aromatic carbocycles. The number of ether oxygens (including phenoxy) is 1. The van der Waals surface area contributed by atoms with Crippen LogP contribution in [0.15, 0.2) is 34.6 Å². The Labute approximate surface area is 142 Å². The number of anilines is 1. The lowest BCUT2D eigenvalue weighted by Crippen LogP contribution is -2.19. The maximum atomic E-state index is 8.75. The molecule has 0 aliphatic carbocycles. The fourth-order valence-corrected chi connectivity index (χ4v) is 3.06. The average molecular weight is 372 g/mol. The highest BCUT2D eigenvalue weighted by Crippen LogP contribution is 2.31. The molecule has 7 heteroatoms. The fraction of sp³-hybridized carbons (Fsp3) is 0.312. The summed E-state index contributed by atoms with van der Waals surface area (Å²) in [5.74, 6) is 0. The smallest absolute Gasteiger partial charge is 0.150 e. The Morgan fingerprint density at radius 3 is 2.91 bits per heavy atom. The van der Waals surface area contributed by atoms with Crippen molar-refractivity contribution in [3.05, 3.63) is 34.6 Å². The molecule has 1 saturated heterocycles. The molecule has 0 radical (unpaired) electrons. The quantitative estimate of drug-likeness (QED) is 0.828. The summed E-state index contributed by atoms with van der Waals surface area (Å²) >= 11 is 3.49. The standard InChI is InChI=1S/C16H14BrN5O/c17-16-13-7-12(20-10-11(8-18)9-19)4-5-14(13)22(21-16)15-3-1-2-6-23-15/h4-5,7,10,15,20H,1-3,6H2. The van der Waals surface area contributed by atoms with Crippen LogP contribution in [-0.4, -0.2) is 16.4 Å². The van der Waals surface area contributed by atoms with Gasteiger partial charge >= 0.3 is 0 Å². The van der Waals surface area contributed by atoms with Crippen LogP contribution in [0.1, 0.15) is 25.5 Å². The van der Waals surface area contributed by atoms with Crippen molar-refractivity contribution in [3.8, 4) is 12.1 Å². The number of aromatic nitrogens is 2. The zero-order valence-electron chi connectivity index (χ0n) is 12.3. The number of nitriles is 2. The Hall–Kier alpha value is -2.35. The second-order valence-electron chi connectivity index (χ2n) is 5.21. The van der Waals surface area contributed by atoms with Gasteiger partial charge in [-0.3, -0.25) is 0 Å². The van der Waals surface area contributed by atoms with E-state index in [4.69, 9.17) is 15.3 Å². The highest BCUT2D eigenvalue weighted by Gasteiger charge is 2.20. The monoisotopic (exact) mass is 371 g/mol. The molecular formula is C16H14BrN5O. The van der Waals surface area contributed by atoms with Gasteiger partial charge in [0, 0.05) is 23.9 Å². The fourth-order valence-electron chi connectivity index (χ4n) is 2.57. The molecule has 1 aliphatic rings. The maximum Gasteiger partial charge on any atom is 0.150 e. The third kappa shape index (κ3) is 3.21. The van der Waals surface area contributed by atoms with Crippen LogP contribution < -0.4 is 5.32 Å². The number of hydrogen-bond acceptors (Lipinski definition) is 5. The minimum absolute atomic E-state index is 0.0236. The highest BCUT2D eigenvalue weighted by molar-refractivity contribution is 9.10. The van der Waals surface area contributed by atoms with Gasteiger partial charge in [-0.1, -0.05) is 0 Å². The molecule has 116 valence electrons. The molecule has 1 atom stereocenters. The van der Waals surface area contributed by atoms with Crippen molar-refractivity contribution in [2.24, 2.45) is 0 Å². The normalized spacial score (nSPS) is 17.3. The van der Waals surface area contributed by atoms with Crippen molar-refractivity contribution >= 4 is 32.5 Å². The third-order valence-corrected chi connectivity index (χ3v) is 4.30. The van der Waals surface area contributed by atoms with Crippen molar-refractivity contribution in [2.75, 3.05) is 11.9 Å². The second-order valence-corrected chi connectivity index (χ2v) is 5.97. The molecule has 2 heterocycles. The van der Waals surface area contributed by atoms with Crippen molar-refractivity contribution in [1.29, 1.82) is 10.5 Å². The van der Waals surface area contributed by atoms with Crippen molar-refractivity contribution in [3.63, 3.8) is 0 Å². The van der Waals surface area contributed by atoms with Gasteiger partial charge in [0.15, 0.2) is 6.23 Å². The van der Waals surface area contributed by atoms with Gasteiger partial charge in [0.1, 0.15) is 22.3 Å². The highest BCUT2D eigenvalue weighted by atomic mass is 79.9. The molecular weight excluding hydrogens is 358 g/mol. The molecule has 1 N–H and O–H groups in total. The number of allylic oxidation sites excluding steroid dienone is 1. The van der Waals surface area contributed by atoms with Crippen LogP contribution in [0, 0.1) is 22.7 Å². The molecule has 0 saturated carbocycles.